The second-order valence-electron chi connectivity index (χ2n) is 4.69. The van der Waals surface area contributed by atoms with Crippen LogP contribution in [0, 0.1) is 0 Å². The molecule has 0 radical (unpaired) electrons. The van der Waals surface area contributed by atoms with Crippen LogP contribution in [0.2, 0.25) is 0 Å². The Hall–Kier alpha value is -1.88. The smallest absolute Gasteiger partial charge is 0.260 e. The lowest BCUT2D eigenvalue weighted by atomic mass is 10.1. The fourth-order valence-electron chi connectivity index (χ4n) is 1.72. The lowest BCUT2D eigenvalue weighted by molar-refractivity contribution is -0.127. The predicted molar refractivity (Wildman–Crippen MR) is 80.7 cm³/mol. The van der Waals surface area contributed by atoms with E-state index in [1.54, 1.807) is 31.2 Å². The summed E-state index contributed by atoms with van der Waals surface area (Å²) in [7, 11) is 0. The highest BCUT2D eigenvalue weighted by atomic mass is 16.5. The van der Waals surface area contributed by atoms with Crippen LogP contribution in [0.4, 0.5) is 0 Å². The van der Waals surface area contributed by atoms with E-state index in [1.165, 1.54) is 6.92 Å². The van der Waals surface area contributed by atoms with E-state index in [4.69, 9.17) is 9.47 Å². The molecule has 0 aliphatic rings. The molecule has 0 aromatic heterocycles. The predicted octanol–water partition coefficient (Wildman–Crippen LogP) is 2.20. The van der Waals surface area contributed by atoms with Gasteiger partial charge in [0, 0.05) is 25.3 Å². The van der Waals surface area contributed by atoms with Crippen molar-refractivity contribution < 1.29 is 19.1 Å². The summed E-state index contributed by atoms with van der Waals surface area (Å²) >= 11 is 0. The van der Waals surface area contributed by atoms with Crippen LogP contribution in [0.5, 0.6) is 5.75 Å². The van der Waals surface area contributed by atoms with Crippen LogP contribution in [-0.4, -0.2) is 37.6 Å². The van der Waals surface area contributed by atoms with Gasteiger partial charge in [-0.25, -0.2) is 0 Å². The van der Waals surface area contributed by atoms with Gasteiger partial charge in [-0.15, -0.1) is 0 Å². The standard InChI is InChI=1S/C16H23NO4/c1-4-20-10-6-9-17-16(19)13(3)21-15-8-5-7-14(11-15)12(2)18/h5,7-8,11,13H,4,6,9-10H2,1-3H3,(H,17,19). The third-order valence-electron chi connectivity index (χ3n) is 2.89. The van der Waals surface area contributed by atoms with Crippen molar-refractivity contribution in [2.45, 2.75) is 33.3 Å². The molecule has 116 valence electrons. The Balaban J connectivity index is 2.41. The number of carbonyl (C=O) groups excluding carboxylic acids is 2. The molecule has 0 fully saturated rings. The molecule has 1 unspecified atom stereocenters. The van der Waals surface area contributed by atoms with Crippen molar-refractivity contribution in [3.05, 3.63) is 29.8 Å². The van der Waals surface area contributed by atoms with Crippen molar-refractivity contribution >= 4 is 11.7 Å². The Bertz CT molecular complexity index is 473. The van der Waals surface area contributed by atoms with Gasteiger partial charge < -0.3 is 14.8 Å². The molecule has 1 aromatic rings. The molecule has 1 aromatic carbocycles. The largest absolute Gasteiger partial charge is 0.481 e. The van der Waals surface area contributed by atoms with Crippen LogP contribution in [0.25, 0.3) is 0 Å². The molecular formula is C16H23NO4. The third kappa shape index (κ3) is 6.40. The second-order valence-corrected chi connectivity index (χ2v) is 4.69. The van der Waals surface area contributed by atoms with Gasteiger partial charge in [0.25, 0.3) is 5.91 Å². The zero-order valence-corrected chi connectivity index (χ0v) is 12.8. The minimum Gasteiger partial charge on any atom is -0.481 e. The average Bonchev–Trinajstić information content (AvgIpc) is 2.47. The van der Waals surface area contributed by atoms with Gasteiger partial charge >= 0.3 is 0 Å². The molecule has 0 aliphatic heterocycles. The molecule has 0 saturated heterocycles. The number of nitrogens with one attached hydrogen (secondary N) is 1. The molecule has 1 rings (SSSR count). The summed E-state index contributed by atoms with van der Waals surface area (Å²) in [6.45, 7) is 6.97. The summed E-state index contributed by atoms with van der Waals surface area (Å²) in [4.78, 5) is 23.2. The van der Waals surface area contributed by atoms with E-state index < -0.39 is 6.10 Å². The zero-order valence-electron chi connectivity index (χ0n) is 12.8. The Labute approximate surface area is 125 Å². The van der Waals surface area contributed by atoms with Gasteiger partial charge in [-0.05, 0) is 39.3 Å². The van der Waals surface area contributed by atoms with E-state index in [-0.39, 0.29) is 11.7 Å². The fourth-order valence-corrected chi connectivity index (χ4v) is 1.72. The van der Waals surface area contributed by atoms with E-state index in [9.17, 15) is 9.59 Å². The summed E-state index contributed by atoms with van der Waals surface area (Å²) in [6.07, 6.45) is 0.158. The van der Waals surface area contributed by atoms with Crippen molar-refractivity contribution in [3.63, 3.8) is 0 Å². The molecule has 5 nitrogen and oxygen atoms in total. The molecule has 1 atom stereocenters. The number of Topliss-reactive ketones (excluding diaryl/α,β-unsaturated/α-hetero) is 1. The Morgan fingerprint density at radius 2 is 2.10 bits per heavy atom. The third-order valence-corrected chi connectivity index (χ3v) is 2.89. The summed E-state index contributed by atoms with van der Waals surface area (Å²) in [6, 6.07) is 6.82. The Morgan fingerprint density at radius 3 is 2.76 bits per heavy atom. The van der Waals surface area contributed by atoms with Crippen molar-refractivity contribution in [3.8, 4) is 5.75 Å². The molecule has 1 amide bonds. The first-order chi connectivity index (χ1) is 10.0. The highest BCUT2D eigenvalue weighted by molar-refractivity contribution is 5.94. The molecule has 0 spiro atoms. The molecule has 0 bridgehead atoms. The lowest BCUT2D eigenvalue weighted by Crippen LogP contribution is -2.37. The van der Waals surface area contributed by atoms with E-state index in [0.717, 1.165) is 6.42 Å². The van der Waals surface area contributed by atoms with Gasteiger partial charge in [0.15, 0.2) is 11.9 Å². The van der Waals surface area contributed by atoms with E-state index in [0.29, 0.717) is 31.1 Å². The molecule has 0 saturated carbocycles. The Kier molecular flexibility index (Phi) is 7.46. The zero-order chi connectivity index (χ0) is 15.7. The van der Waals surface area contributed by atoms with Crippen LogP contribution >= 0.6 is 0 Å². The van der Waals surface area contributed by atoms with E-state index in [2.05, 4.69) is 5.32 Å². The number of carbonyl (C=O) groups is 2. The van der Waals surface area contributed by atoms with E-state index in [1.807, 2.05) is 6.92 Å². The molecular weight excluding hydrogens is 270 g/mol. The monoisotopic (exact) mass is 293 g/mol. The van der Waals surface area contributed by atoms with Crippen LogP contribution in [-0.2, 0) is 9.53 Å². The summed E-state index contributed by atoms with van der Waals surface area (Å²) < 4.78 is 10.7. The van der Waals surface area contributed by atoms with Crippen LogP contribution in [0.3, 0.4) is 0 Å². The second kappa shape index (κ2) is 9.13. The van der Waals surface area contributed by atoms with Gasteiger partial charge in [0.2, 0.25) is 0 Å². The minimum absolute atomic E-state index is 0.0338. The van der Waals surface area contributed by atoms with Gasteiger partial charge in [0.05, 0.1) is 0 Å². The molecule has 1 N–H and O–H groups in total. The number of ether oxygens (including phenoxy) is 2. The van der Waals surface area contributed by atoms with Gasteiger partial charge in [0.1, 0.15) is 5.75 Å². The maximum absolute atomic E-state index is 11.9. The number of rotatable bonds is 9. The van der Waals surface area contributed by atoms with Crippen LogP contribution in [0.1, 0.15) is 37.6 Å². The topological polar surface area (TPSA) is 64.6 Å². The first-order valence-corrected chi connectivity index (χ1v) is 7.17. The normalized spacial score (nSPS) is 11.8. The fraction of sp³-hybridized carbons (Fsp3) is 0.500. The van der Waals surface area contributed by atoms with Crippen molar-refractivity contribution in [2.75, 3.05) is 19.8 Å². The highest BCUT2D eigenvalue weighted by Crippen LogP contribution is 2.15. The SMILES string of the molecule is CCOCCCNC(=O)C(C)Oc1cccc(C(C)=O)c1. The summed E-state index contributed by atoms with van der Waals surface area (Å²) in [5, 5.41) is 2.79. The quantitative estimate of drug-likeness (QED) is 0.560. The van der Waals surface area contributed by atoms with Gasteiger partial charge in [-0.3, -0.25) is 9.59 Å². The number of hydrogen-bond donors (Lipinski definition) is 1. The lowest BCUT2D eigenvalue weighted by Gasteiger charge is -2.15. The maximum atomic E-state index is 11.9. The maximum Gasteiger partial charge on any atom is 0.260 e. The number of hydrogen-bond acceptors (Lipinski definition) is 4. The van der Waals surface area contributed by atoms with Gasteiger partial charge in [-0.1, -0.05) is 12.1 Å². The number of ketones is 1. The van der Waals surface area contributed by atoms with Crippen LogP contribution < -0.4 is 10.1 Å². The minimum atomic E-state index is -0.612. The Morgan fingerprint density at radius 1 is 1.33 bits per heavy atom. The van der Waals surface area contributed by atoms with Crippen LogP contribution in [0.15, 0.2) is 24.3 Å². The van der Waals surface area contributed by atoms with E-state index >= 15 is 0 Å². The first kappa shape index (κ1) is 17.2. The number of amides is 1. The first-order valence-electron chi connectivity index (χ1n) is 7.17. The van der Waals surface area contributed by atoms with Crippen molar-refractivity contribution in [2.24, 2.45) is 0 Å². The summed E-state index contributed by atoms with van der Waals surface area (Å²) in [5.74, 6) is 0.299. The molecule has 0 heterocycles. The molecule has 0 aliphatic carbocycles. The highest BCUT2D eigenvalue weighted by Gasteiger charge is 2.14. The molecule has 5 heteroatoms. The number of benzene rings is 1. The summed E-state index contributed by atoms with van der Waals surface area (Å²) in [5.41, 5.74) is 0.567. The van der Waals surface area contributed by atoms with Crippen molar-refractivity contribution in [1.82, 2.24) is 5.32 Å². The average molecular weight is 293 g/mol. The van der Waals surface area contributed by atoms with Crippen molar-refractivity contribution in [1.29, 1.82) is 0 Å². The van der Waals surface area contributed by atoms with Gasteiger partial charge in [-0.2, -0.15) is 0 Å². The molecule has 21 heavy (non-hydrogen) atoms.